The molecule has 84 valence electrons. The quantitative estimate of drug-likeness (QED) is 0.454. The highest BCUT2D eigenvalue weighted by Gasteiger charge is 2.45. The first kappa shape index (κ1) is 11.8. The number of hydrogen-bond acceptors (Lipinski definition) is 7. The van der Waals surface area contributed by atoms with Crippen LogP contribution in [0.15, 0.2) is 0 Å². The standard InChI is InChI=1S/C6H12O7S/c1-14(10,11)13-5-4(8)3(2-7)12-6(5)9/h3-9H,2H2,1H3/t3-,4-,5+,6+/m1/s1. The molecule has 8 heteroatoms. The summed E-state index contributed by atoms with van der Waals surface area (Å²) in [4.78, 5) is 0. The minimum atomic E-state index is -3.79. The van der Waals surface area contributed by atoms with Gasteiger partial charge >= 0.3 is 0 Å². The molecule has 1 fully saturated rings. The van der Waals surface area contributed by atoms with Gasteiger partial charge in [0.15, 0.2) is 12.4 Å². The molecule has 1 saturated heterocycles. The Morgan fingerprint density at radius 2 is 2.00 bits per heavy atom. The first-order valence-corrected chi connectivity index (χ1v) is 5.67. The smallest absolute Gasteiger partial charge is 0.264 e. The van der Waals surface area contributed by atoms with E-state index in [0.717, 1.165) is 6.26 Å². The molecular weight excluding hydrogens is 216 g/mol. The molecule has 7 nitrogen and oxygen atoms in total. The zero-order valence-electron chi connectivity index (χ0n) is 7.40. The Labute approximate surface area is 81.0 Å². The topological polar surface area (TPSA) is 113 Å². The highest BCUT2D eigenvalue weighted by atomic mass is 32.2. The van der Waals surface area contributed by atoms with Gasteiger partial charge in [-0.2, -0.15) is 8.42 Å². The van der Waals surface area contributed by atoms with E-state index in [1.807, 2.05) is 0 Å². The Morgan fingerprint density at radius 1 is 1.43 bits per heavy atom. The molecule has 0 bridgehead atoms. The van der Waals surface area contributed by atoms with E-state index in [0.29, 0.717) is 0 Å². The van der Waals surface area contributed by atoms with Crippen molar-refractivity contribution in [2.24, 2.45) is 0 Å². The molecule has 1 heterocycles. The Hall–Kier alpha value is -0.250. The van der Waals surface area contributed by atoms with Crippen LogP contribution in [0.2, 0.25) is 0 Å². The van der Waals surface area contributed by atoms with E-state index in [-0.39, 0.29) is 0 Å². The molecule has 0 aromatic rings. The second-order valence-electron chi connectivity index (χ2n) is 3.00. The molecule has 1 aliphatic rings. The summed E-state index contributed by atoms with van der Waals surface area (Å²) in [6.45, 7) is -0.526. The van der Waals surface area contributed by atoms with Gasteiger partial charge < -0.3 is 20.1 Å². The molecule has 4 atom stereocenters. The highest BCUT2D eigenvalue weighted by molar-refractivity contribution is 7.86. The van der Waals surface area contributed by atoms with Crippen LogP contribution in [-0.2, 0) is 19.0 Å². The fourth-order valence-electron chi connectivity index (χ4n) is 1.17. The minimum Gasteiger partial charge on any atom is -0.394 e. The summed E-state index contributed by atoms with van der Waals surface area (Å²) in [6, 6.07) is 0. The fourth-order valence-corrected chi connectivity index (χ4v) is 1.79. The van der Waals surface area contributed by atoms with Gasteiger partial charge in [-0.1, -0.05) is 0 Å². The van der Waals surface area contributed by atoms with Crippen molar-refractivity contribution < 1.29 is 32.7 Å². The molecule has 14 heavy (non-hydrogen) atoms. The van der Waals surface area contributed by atoms with Crippen molar-refractivity contribution in [3.05, 3.63) is 0 Å². The average molecular weight is 228 g/mol. The molecular formula is C6H12O7S. The Kier molecular flexibility index (Phi) is 3.45. The van der Waals surface area contributed by atoms with Gasteiger partial charge in [-0.3, -0.25) is 4.18 Å². The lowest BCUT2D eigenvalue weighted by Gasteiger charge is -2.15. The highest BCUT2D eigenvalue weighted by Crippen LogP contribution is 2.23. The van der Waals surface area contributed by atoms with E-state index in [4.69, 9.17) is 10.2 Å². The lowest BCUT2D eigenvalue weighted by molar-refractivity contribution is -0.127. The van der Waals surface area contributed by atoms with Gasteiger partial charge in [0, 0.05) is 0 Å². The maximum atomic E-state index is 10.7. The molecule has 0 unspecified atom stereocenters. The van der Waals surface area contributed by atoms with Crippen LogP contribution in [0.4, 0.5) is 0 Å². The van der Waals surface area contributed by atoms with Gasteiger partial charge in [0.2, 0.25) is 0 Å². The molecule has 1 rings (SSSR count). The van der Waals surface area contributed by atoms with E-state index in [1.54, 1.807) is 0 Å². The van der Waals surface area contributed by atoms with Crippen molar-refractivity contribution in [1.82, 2.24) is 0 Å². The van der Waals surface area contributed by atoms with Crippen LogP contribution in [-0.4, -0.2) is 61.2 Å². The summed E-state index contributed by atoms with van der Waals surface area (Å²) in [7, 11) is -3.79. The van der Waals surface area contributed by atoms with Gasteiger partial charge in [0.25, 0.3) is 10.1 Å². The van der Waals surface area contributed by atoms with Crippen LogP contribution in [0.5, 0.6) is 0 Å². The van der Waals surface area contributed by atoms with Crippen molar-refractivity contribution in [1.29, 1.82) is 0 Å². The van der Waals surface area contributed by atoms with Crippen molar-refractivity contribution in [3.8, 4) is 0 Å². The number of ether oxygens (including phenoxy) is 1. The fraction of sp³-hybridized carbons (Fsp3) is 1.00. The molecule has 3 N–H and O–H groups in total. The first-order valence-electron chi connectivity index (χ1n) is 3.86. The Bertz CT molecular complexity index is 287. The van der Waals surface area contributed by atoms with Crippen molar-refractivity contribution >= 4 is 10.1 Å². The molecule has 0 amide bonds. The van der Waals surface area contributed by atoms with Gasteiger partial charge in [0.05, 0.1) is 12.9 Å². The molecule has 1 aliphatic heterocycles. The Balaban J connectivity index is 2.70. The van der Waals surface area contributed by atoms with E-state index < -0.39 is 41.3 Å². The van der Waals surface area contributed by atoms with Crippen LogP contribution in [0.1, 0.15) is 0 Å². The predicted molar refractivity (Wildman–Crippen MR) is 43.7 cm³/mol. The van der Waals surface area contributed by atoms with Gasteiger partial charge in [0.1, 0.15) is 12.2 Å². The predicted octanol–water partition coefficient (Wildman–Crippen LogP) is -2.60. The summed E-state index contributed by atoms with van der Waals surface area (Å²) in [6.07, 6.45) is -4.56. The normalized spacial score (nSPS) is 38.9. The second kappa shape index (κ2) is 4.09. The van der Waals surface area contributed by atoms with Crippen LogP contribution in [0, 0.1) is 0 Å². The van der Waals surface area contributed by atoms with E-state index in [1.165, 1.54) is 0 Å². The summed E-state index contributed by atoms with van der Waals surface area (Å²) >= 11 is 0. The van der Waals surface area contributed by atoms with Gasteiger partial charge in [-0.15, -0.1) is 0 Å². The van der Waals surface area contributed by atoms with Crippen LogP contribution in [0.3, 0.4) is 0 Å². The largest absolute Gasteiger partial charge is 0.394 e. The second-order valence-corrected chi connectivity index (χ2v) is 4.60. The molecule has 0 spiro atoms. The number of aliphatic hydroxyl groups excluding tert-OH is 3. The summed E-state index contributed by atoms with van der Waals surface area (Å²) in [5.74, 6) is 0. The van der Waals surface area contributed by atoms with Crippen LogP contribution >= 0.6 is 0 Å². The number of hydrogen-bond donors (Lipinski definition) is 3. The first-order chi connectivity index (χ1) is 6.35. The van der Waals surface area contributed by atoms with E-state index >= 15 is 0 Å². The lowest BCUT2D eigenvalue weighted by atomic mass is 10.1. The van der Waals surface area contributed by atoms with E-state index in [9.17, 15) is 13.5 Å². The molecule has 0 aromatic heterocycles. The van der Waals surface area contributed by atoms with Crippen molar-refractivity contribution in [2.45, 2.75) is 24.6 Å². The maximum Gasteiger partial charge on any atom is 0.264 e. The van der Waals surface area contributed by atoms with Gasteiger partial charge in [-0.25, -0.2) is 0 Å². The molecule has 0 saturated carbocycles. The third kappa shape index (κ3) is 2.62. The van der Waals surface area contributed by atoms with Crippen LogP contribution < -0.4 is 0 Å². The molecule has 0 aromatic carbocycles. The SMILES string of the molecule is CS(=O)(=O)O[C@H]1[C@H](O)[C@@H](CO)O[C@@H]1O. The Morgan fingerprint density at radius 3 is 2.36 bits per heavy atom. The maximum absolute atomic E-state index is 10.7. The lowest BCUT2D eigenvalue weighted by Crippen LogP contribution is -2.37. The number of rotatable bonds is 3. The summed E-state index contributed by atoms with van der Waals surface area (Å²) < 4.78 is 30.5. The third-order valence-corrected chi connectivity index (χ3v) is 2.35. The van der Waals surface area contributed by atoms with Gasteiger partial charge in [-0.05, 0) is 0 Å². The third-order valence-electron chi connectivity index (χ3n) is 1.78. The zero-order chi connectivity index (χ0) is 10.9. The average Bonchev–Trinajstić information content (AvgIpc) is 2.29. The molecule has 0 aliphatic carbocycles. The zero-order valence-corrected chi connectivity index (χ0v) is 8.22. The summed E-state index contributed by atoms with van der Waals surface area (Å²) in [5, 5.41) is 27.2. The van der Waals surface area contributed by atoms with Crippen LogP contribution in [0.25, 0.3) is 0 Å². The molecule has 0 radical (unpaired) electrons. The van der Waals surface area contributed by atoms with E-state index in [2.05, 4.69) is 8.92 Å². The monoisotopic (exact) mass is 228 g/mol. The summed E-state index contributed by atoms with van der Waals surface area (Å²) in [5.41, 5.74) is 0. The van der Waals surface area contributed by atoms with Crippen molar-refractivity contribution in [2.75, 3.05) is 12.9 Å². The number of aliphatic hydroxyl groups is 3. The van der Waals surface area contributed by atoms with Crippen molar-refractivity contribution in [3.63, 3.8) is 0 Å². The minimum absolute atomic E-state index is 0.526.